The molecule has 0 radical (unpaired) electrons. The Morgan fingerprint density at radius 3 is 2.52 bits per heavy atom. The SMILES string of the molecule is Fc1ccc(-c2ccc(F)cc2CO[C@H]2CCNC2)cc1. The molecule has 1 atom stereocenters. The Kier molecular flexibility index (Phi) is 4.27. The van der Waals surface area contributed by atoms with Gasteiger partial charge in [-0.1, -0.05) is 18.2 Å². The van der Waals surface area contributed by atoms with E-state index >= 15 is 0 Å². The number of halogens is 2. The van der Waals surface area contributed by atoms with E-state index in [1.165, 1.54) is 24.3 Å². The monoisotopic (exact) mass is 289 g/mol. The summed E-state index contributed by atoms with van der Waals surface area (Å²) >= 11 is 0. The van der Waals surface area contributed by atoms with Crippen molar-refractivity contribution in [3.05, 3.63) is 59.7 Å². The number of ether oxygens (including phenoxy) is 1. The van der Waals surface area contributed by atoms with Gasteiger partial charge in [-0.15, -0.1) is 0 Å². The molecule has 2 aromatic rings. The van der Waals surface area contributed by atoms with E-state index in [1.807, 2.05) is 0 Å². The molecule has 0 unspecified atom stereocenters. The van der Waals surface area contributed by atoms with Crippen molar-refractivity contribution >= 4 is 0 Å². The molecular weight excluding hydrogens is 272 g/mol. The Balaban J connectivity index is 1.83. The highest BCUT2D eigenvalue weighted by molar-refractivity contribution is 5.67. The van der Waals surface area contributed by atoms with Crippen molar-refractivity contribution in [2.75, 3.05) is 13.1 Å². The van der Waals surface area contributed by atoms with Gasteiger partial charge in [0.1, 0.15) is 11.6 Å². The fourth-order valence-corrected chi connectivity index (χ4v) is 2.57. The molecule has 0 aromatic heterocycles. The fraction of sp³-hybridized carbons (Fsp3) is 0.294. The summed E-state index contributed by atoms with van der Waals surface area (Å²) in [7, 11) is 0. The van der Waals surface area contributed by atoms with Crippen LogP contribution in [0.5, 0.6) is 0 Å². The van der Waals surface area contributed by atoms with Crippen LogP contribution in [0.1, 0.15) is 12.0 Å². The zero-order valence-electron chi connectivity index (χ0n) is 11.6. The van der Waals surface area contributed by atoms with Crippen molar-refractivity contribution in [3.8, 4) is 11.1 Å². The van der Waals surface area contributed by atoms with Crippen LogP contribution < -0.4 is 5.32 Å². The summed E-state index contributed by atoms with van der Waals surface area (Å²) in [5.74, 6) is -0.570. The maximum Gasteiger partial charge on any atom is 0.123 e. The second-order valence-corrected chi connectivity index (χ2v) is 5.23. The van der Waals surface area contributed by atoms with E-state index in [0.717, 1.165) is 36.2 Å². The van der Waals surface area contributed by atoms with E-state index in [2.05, 4.69) is 5.32 Å². The first-order valence-corrected chi connectivity index (χ1v) is 7.09. The van der Waals surface area contributed by atoms with E-state index in [-0.39, 0.29) is 17.7 Å². The van der Waals surface area contributed by atoms with Crippen LogP contribution in [0.15, 0.2) is 42.5 Å². The van der Waals surface area contributed by atoms with Gasteiger partial charge in [0.25, 0.3) is 0 Å². The number of rotatable bonds is 4. The van der Waals surface area contributed by atoms with Gasteiger partial charge in [0.05, 0.1) is 12.7 Å². The molecule has 3 rings (SSSR count). The van der Waals surface area contributed by atoms with Crippen molar-refractivity contribution in [1.82, 2.24) is 5.32 Å². The van der Waals surface area contributed by atoms with Crippen LogP contribution >= 0.6 is 0 Å². The van der Waals surface area contributed by atoms with E-state index in [4.69, 9.17) is 4.74 Å². The molecule has 0 aliphatic carbocycles. The molecule has 0 spiro atoms. The lowest BCUT2D eigenvalue weighted by atomic mass is 10.00. The minimum Gasteiger partial charge on any atom is -0.372 e. The van der Waals surface area contributed by atoms with Gasteiger partial charge in [-0.2, -0.15) is 0 Å². The van der Waals surface area contributed by atoms with Crippen LogP contribution in [0.4, 0.5) is 8.78 Å². The van der Waals surface area contributed by atoms with Crippen molar-refractivity contribution in [1.29, 1.82) is 0 Å². The standard InChI is InChI=1S/C17H17F2NO/c18-14-3-1-12(2-4-14)17-6-5-15(19)9-13(17)11-21-16-7-8-20-10-16/h1-6,9,16,20H,7-8,10-11H2/t16-/m0/s1. The van der Waals surface area contributed by atoms with Crippen LogP contribution in [0.2, 0.25) is 0 Å². The number of hydrogen-bond donors (Lipinski definition) is 1. The zero-order chi connectivity index (χ0) is 14.7. The second kappa shape index (κ2) is 6.33. The molecular formula is C17H17F2NO. The first kappa shape index (κ1) is 14.2. The second-order valence-electron chi connectivity index (χ2n) is 5.23. The molecule has 21 heavy (non-hydrogen) atoms. The Bertz CT molecular complexity index is 607. The minimum absolute atomic E-state index is 0.175. The van der Waals surface area contributed by atoms with Gasteiger partial charge >= 0.3 is 0 Å². The molecule has 1 aliphatic rings. The number of hydrogen-bond acceptors (Lipinski definition) is 2. The van der Waals surface area contributed by atoms with Crippen LogP contribution in [0.25, 0.3) is 11.1 Å². The predicted octanol–water partition coefficient (Wildman–Crippen LogP) is 3.51. The molecule has 0 amide bonds. The molecule has 0 saturated carbocycles. The molecule has 110 valence electrons. The first-order valence-electron chi connectivity index (χ1n) is 7.09. The van der Waals surface area contributed by atoms with Crippen molar-refractivity contribution < 1.29 is 13.5 Å². The van der Waals surface area contributed by atoms with Crippen LogP contribution in [-0.2, 0) is 11.3 Å². The lowest BCUT2D eigenvalue weighted by molar-refractivity contribution is 0.0543. The van der Waals surface area contributed by atoms with Crippen molar-refractivity contribution in [2.24, 2.45) is 0 Å². The Morgan fingerprint density at radius 2 is 1.81 bits per heavy atom. The Labute approximate surface area is 122 Å². The number of nitrogens with one attached hydrogen (secondary N) is 1. The normalized spacial score (nSPS) is 18.1. The third-order valence-corrected chi connectivity index (χ3v) is 3.71. The molecule has 1 fully saturated rings. The molecule has 1 saturated heterocycles. The quantitative estimate of drug-likeness (QED) is 0.930. The maximum absolute atomic E-state index is 13.5. The summed E-state index contributed by atoms with van der Waals surface area (Å²) in [6, 6.07) is 10.8. The smallest absolute Gasteiger partial charge is 0.123 e. The molecule has 1 N–H and O–H groups in total. The maximum atomic E-state index is 13.5. The molecule has 2 nitrogen and oxygen atoms in total. The van der Waals surface area contributed by atoms with Gasteiger partial charge in [-0.25, -0.2) is 8.78 Å². The van der Waals surface area contributed by atoms with Gasteiger partial charge in [0.15, 0.2) is 0 Å². The lowest BCUT2D eigenvalue weighted by Crippen LogP contribution is -2.16. The van der Waals surface area contributed by atoms with Gasteiger partial charge in [-0.3, -0.25) is 0 Å². The zero-order valence-corrected chi connectivity index (χ0v) is 11.6. The summed E-state index contributed by atoms with van der Waals surface area (Å²) in [4.78, 5) is 0. The molecule has 4 heteroatoms. The summed E-state index contributed by atoms with van der Waals surface area (Å²) in [6.07, 6.45) is 1.15. The van der Waals surface area contributed by atoms with Crippen molar-refractivity contribution in [2.45, 2.75) is 19.1 Å². The average molecular weight is 289 g/mol. The highest BCUT2D eigenvalue weighted by Crippen LogP contribution is 2.26. The highest BCUT2D eigenvalue weighted by Gasteiger charge is 2.16. The molecule has 1 heterocycles. The van der Waals surface area contributed by atoms with Gasteiger partial charge in [0.2, 0.25) is 0 Å². The van der Waals surface area contributed by atoms with E-state index in [9.17, 15) is 8.78 Å². The molecule has 2 aromatic carbocycles. The largest absolute Gasteiger partial charge is 0.372 e. The van der Waals surface area contributed by atoms with Gasteiger partial charge in [0, 0.05) is 6.54 Å². The third-order valence-electron chi connectivity index (χ3n) is 3.71. The Hall–Kier alpha value is -1.78. The average Bonchev–Trinajstić information content (AvgIpc) is 3.00. The van der Waals surface area contributed by atoms with Crippen LogP contribution in [0, 0.1) is 11.6 Å². The van der Waals surface area contributed by atoms with E-state index in [0.29, 0.717) is 6.61 Å². The predicted molar refractivity (Wildman–Crippen MR) is 77.9 cm³/mol. The van der Waals surface area contributed by atoms with Crippen LogP contribution in [0.3, 0.4) is 0 Å². The lowest BCUT2D eigenvalue weighted by Gasteiger charge is -2.14. The fourth-order valence-electron chi connectivity index (χ4n) is 2.57. The van der Waals surface area contributed by atoms with Gasteiger partial charge < -0.3 is 10.1 Å². The summed E-state index contributed by atoms with van der Waals surface area (Å²) in [5.41, 5.74) is 2.52. The molecule has 1 aliphatic heterocycles. The summed E-state index contributed by atoms with van der Waals surface area (Å²) < 4.78 is 32.4. The first-order chi connectivity index (χ1) is 10.2. The van der Waals surface area contributed by atoms with Gasteiger partial charge in [-0.05, 0) is 53.9 Å². The minimum atomic E-state index is -0.288. The third kappa shape index (κ3) is 3.46. The van der Waals surface area contributed by atoms with Crippen molar-refractivity contribution in [3.63, 3.8) is 0 Å². The summed E-state index contributed by atoms with van der Waals surface area (Å²) in [5, 5.41) is 3.23. The van der Waals surface area contributed by atoms with E-state index in [1.54, 1.807) is 18.2 Å². The number of benzene rings is 2. The Morgan fingerprint density at radius 1 is 1.05 bits per heavy atom. The highest BCUT2D eigenvalue weighted by atomic mass is 19.1. The topological polar surface area (TPSA) is 21.3 Å². The molecule has 0 bridgehead atoms. The summed E-state index contributed by atoms with van der Waals surface area (Å²) in [6.45, 7) is 2.15. The van der Waals surface area contributed by atoms with E-state index < -0.39 is 0 Å². The van der Waals surface area contributed by atoms with Crippen LogP contribution in [-0.4, -0.2) is 19.2 Å².